The summed E-state index contributed by atoms with van der Waals surface area (Å²) in [4.78, 5) is 29.4. The highest BCUT2D eigenvalue weighted by molar-refractivity contribution is 9.10. The maximum absolute atomic E-state index is 13.4. The van der Waals surface area contributed by atoms with Crippen LogP contribution in [-0.2, 0) is 6.61 Å². The molecule has 1 atom stereocenters. The molecule has 190 valence electrons. The molecule has 0 unspecified atom stereocenters. The van der Waals surface area contributed by atoms with Crippen molar-refractivity contribution < 1.29 is 14.4 Å². The largest absolute Gasteiger partial charge is 0.493 e. The Bertz CT molecular complexity index is 1540. The summed E-state index contributed by atoms with van der Waals surface area (Å²) in [5, 5.41) is 16.7. The van der Waals surface area contributed by atoms with Gasteiger partial charge in [0.1, 0.15) is 12.4 Å². The number of halogens is 1. The average Bonchev–Trinajstić information content (AvgIpc) is 2.91. The Morgan fingerprint density at radius 2 is 1.95 bits per heavy atom. The van der Waals surface area contributed by atoms with Crippen molar-refractivity contribution in [2.45, 2.75) is 32.8 Å². The molecule has 4 aromatic rings. The fraction of sp³-hybridized carbons (Fsp3) is 0.222. The van der Waals surface area contributed by atoms with Crippen molar-refractivity contribution in [1.82, 2.24) is 9.66 Å². The number of benzene rings is 3. The molecule has 3 aromatic carbocycles. The van der Waals surface area contributed by atoms with Crippen LogP contribution in [0.1, 0.15) is 43.1 Å². The van der Waals surface area contributed by atoms with Gasteiger partial charge in [0.05, 0.1) is 29.2 Å². The van der Waals surface area contributed by atoms with E-state index in [1.165, 1.54) is 24.1 Å². The number of ether oxygens (including phenoxy) is 2. The third-order valence-corrected chi connectivity index (χ3v) is 6.40. The molecule has 0 saturated heterocycles. The average molecular weight is 565 g/mol. The minimum Gasteiger partial charge on any atom is -0.493 e. The first-order valence-electron chi connectivity index (χ1n) is 11.6. The van der Waals surface area contributed by atoms with Crippen LogP contribution in [0.2, 0.25) is 0 Å². The fourth-order valence-electron chi connectivity index (χ4n) is 3.75. The van der Waals surface area contributed by atoms with Crippen LogP contribution in [-0.4, -0.2) is 27.9 Å². The second kappa shape index (κ2) is 11.3. The minimum atomic E-state index is -0.536. The van der Waals surface area contributed by atoms with Crippen molar-refractivity contribution in [3.63, 3.8) is 0 Å². The number of nitro groups is 1. The summed E-state index contributed by atoms with van der Waals surface area (Å²) in [5.41, 5.74) is 1.20. The molecule has 1 aromatic heterocycles. The quantitative estimate of drug-likeness (QED) is 0.139. The van der Waals surface area contributed by atoms with Crippen LogP contribution in [0, 0.1) is 10.1 Å². The number of aromatic nitrogens is 2. The van der Waals surface area contributed by atoms with Gasteiger partial charge in [-0.3, -0.25) is 14.9 Å². The molecule has 0 spiro atoms. The maximum atomic E-state index is 13.4. The van der Waals surface area contributed by atoms with Gasteiger partial charge in [-0.2, -0.15) is 9.78 Å². The summed E-state index contributed by atoms with van der Waals surface area (Å²) >= 11 is 3.40. The van der Waals surface area contributed by atoms with E-state index in [4.69, 9.17) is 9.47 Å². The van der Waals surface area contributed by atoms with Gasteiger partial charge in [-0.1, -0.05) is 60.1 Å². The van der Waals surface area contributed by atoms with Crippen molar-refractivity contribution in [3.05, 3.63) is 103 Å². The molecule has 0 aliphatic heterocycles. The number of fused-ring (bicyclic) bond motifs is 1. The fourth-order valence-corrected chi connectivity index (χ4v) is 4.11. The van der Waals surface area contributed by atoms with E-state index in [0.29, 0.717) is 22.3 Å². The number of hydrogen-bond donors (Lipinski definition) is 0. The van der Waals surface area contributed by atoms with Crippen LogP contribution in [0.4, 0.5) is 5.69 Å². The number of nitro benzene ring substituents is 1. The zero-order valence-corrected chi connectivity index (χ0v) is 22.1. The van der Waals surface area contributed by atoms with Gasteiger partial charge in [0.2, 0.25) is 5.75 Å². The lowest BCUT2D eigenvalue weighted by Crippen LogP contribution is -2.23. The minimum absolute atomic E-state index is 0.0168. The van der Waals surface area contributed by atoms with E-state index < -0.39 is 4.92 Å². The monoisotopic (exact) mass is 564 g/mol. The first kappa shape index (κ1) is 26.0. The predicted molar refractivity (Wildman–Crippen MR) is 146 cm³/mol. The van der Waals surface area contributed by atoms with Crippen molar-refractivity contribution in [2.75, 3.05) is 7.11 Å². The summed E-state index contributed by atoms with van der Waals surface area (Å²) in [6, 6.07) is 17.6. The molecule has 0 bridgehead atoms. The molecule has 0 fully saturated rings. The van der Waals surface area contributed by atoms with Crippen molar-refractivity contribution in [3.8, 4) is 11.5 Å². The summed E-state index contributed by atoms with van der Waals surface area (Å²) in [7, 11) is 1.41. The standard InChI is InChI=1S/C27H25BrN4O5/c1-4-17(2)26-30-22-11-10-20(28)14-21(22)27(33)31(26)29-15-19-12-23(32(34)35)25(24(13-19)36-3)37-16-18-8-6-5-7-9-18/h5-15,17H,4,16H2,1-3H3/t17-/m0/s1. The molecule has 0 amide bonds. The van der Waals surface area contributed by atoms with Gasteiger partial charge in [-0.05, 0) is 36.2 Å². The highest BCUT2D eigenvalue weighted by atomic mass is 79.9. The van der Waals surface area contributed by atoms with Gasteiger partial charge >= 0.3 is 5.69 Å². The van der Waals surface area contributed by atoms with Crippen LogP contribution in [0.3, 0.4) is 0 Å². The van der Waals surface area contributed by atoms with Crippen LogP contribution in [0.5, 0.6) is 11.5 Å². The lowest BCUT2D eigenvalue weighted by atomic mass is 10.1. The second-order valence-electron chi connectivity index (χ2n) is 8.41. The number of rotatable bonds is 9. The molecule has 1 heterocycles. The van der Waals surface area contributed by atoms with E-state index in [0.717, 1.165) is 16.5 Å². The van der Waals surface area contributed by atoms with E-state index in [1.807, 2.05) is 50.2 Å². The van der Waals surface area contributed by atoms with Crippen molar-refractivity contribution >= 4 is 38.7 Å². The van der Waals surface area contributed by atoms with E-state index in [2.05, 4.69) is 26.0 Å². The third-order valence-electron chi connectivity index (χ3n) is 5.91. The predicted octanol–water partition coefficient (Wildman–Crippen LogP) is 6.05. The SMILES string of the molecule is CC[C@H](C)c1nc2ccc(Br)cc2c(=O)n1N=Cc1cc(OC)c(OCc2ccccc2)c([N+](=O)[O-])c1. The van der Waals surface area contributed by atoms with Gasteiger partial charge in [0.25, 0.3) is 5.56 Å². The van der Waals surface area contributed by atoms with Gasteiger partial charge in [-0.15, -0.1) is 0 Å². The van der Waals surface area contributed by atoms with Gasteiger partial charge in [0, 0.05) is 22.0 Å². The summed E-state index contributed by atoms with van der Waals surface area (Å²) in [5.74, 6) is 0.656. The lowest BCUT2D eigenvalue weighted by Gasteiger charge is -2.14. The molecular formula is C27H25BrN4O5. The normalized spacial score (nSPS) is 12.1. The third kappa shape index (κ3) is 5.69. The first-order chi connectivity index (χ1) is 17.8. The summed E-state index contributed by atoms with van der Waals surface area (Å²) < 4.78 is 13.2. The molecule has 0 N–H and O–H groups in total. The molecule has 0 aliphatic rings. The number of hydrogen-bond acceptors (Lipinski definition) is 7. The molecule has 9 nitrogen and oxygen atoms in total. The number of nitrogens with zero attached hydrogens (tertiary/aromatic N) is 4. The van der Waals surface area contributed by atoms with E-state index in [-0.39, 0.29) is 35.3 Å². The topological polar surface area (TPSA) is 109 Å². The van der Waals surface area contributed by atoms with Crippen LogP contribution >= 0.6 is 15.9 Å². The van der Waals surface area contributed by atoms with Gasteiger partial charge in [-0.25, -0.2) is 4.98 Å². The Morgan fingerprint density at radius 1 is 1.19 bits per heavy atom. The van der Waals surface area contributed by atoms with Gasteiger partial charge in [0.15, 0.2) is 5.75 Å². The number of methoxy groups -OCH3 is 1. The highest BCUT2D eigenvalue weighted by Crippen LogP contribution is 2.38. The maximum Gasteiger partial charge on any atom is 0.315 e. The van der Waals surface area contributed by atoms with E-state index in [1.54, 1.807) is 18.2 Å². The molecule has 10 heteroatoms. The molecular weight excluding hydrogens is 540 g/mol. The first-order valence-corrected chi connectivity index (χ1v) is 12.4. The zero-order chi connectivity index (χ0) is 26.5. The van der Waals surface area contributed by atoms with E-state index >= 15 is 0 Å². The summed E-state index contributed by atoms with van der Waals surface area (Å²) in [6.07, 6.45) is 2.13. The lowest BCUT2D eigenvalue weighted by molar-refractivity contribution is -0.386. The molecule has 37 heavy (non-hydrogen) atoms. The van der Waals surface area contributed by atoms with Crippen molar-refractivity contribution in [2.24, 2.45) is 5.10 Å². The Morgan fingerprint density at radius 3 is 2.62 bits per heavy atom. The Hall–Kier alpha value is -4.05. The zero-order valence-electron chi connectivity index (χ0n) is 20.6. The highest BCUT2D eigenvalue weighted by Gasteiger charge is 2.23. The Labute approximate surface area is 221 Å². The van der Waals surface area contributed by atoms with Crippen molar-refractivity contribution in [1.29, 1.82) is 0 Å². The molecule has 4 rings (SSSR count). The molecule has 0 radical (unpaired) electrons. The summed E-state index contributed by atoms with van der Waals surface area (Å²) in [6.45, 7) is 4.10. The van der Waals surface area contributed by atoms with Gasteiger partial charge < -0.3 is 9.47 Å². The Kier molecular flexibility index (Phi) is 7.98. The Balaban J connectivity index is 1.78. The van der Waals surface area contributed by atoms with Crippen LogP contribution in [0.15, 0.2) is 75.0 Å². The smallest absolute Gasteiger partial charge is 0.315 e. The molecule has 0 aliphatic carbocycles. The van der Waals surface area contributed by atoms with Crippen LogP contribution in [0.25, 0.3) is 10.9 Å². The van der Waals surface area contributed by atoms with Crippen LogP contribution < -0.4 is 15.0 Å². The second-order valence-corrected chi connectivity index (χ2v) is 9.32. The molecule has 0 saturated carbocycles. The van der Waals surface area contributed by atoms with E-state index in [9.17, 15) is 14.9 Å².